The van der Waals surface area contributed by atoms with Crippen LogP contribution in [0, 0.1) is 0 Å². The van der Waals surface area contributed by atoms with E-state index < -0.39 is 12.1 Å². The smallest absolute Gasteiger partial charge is 0.305 e. The van der Waals surface area contributed by atoms with Crippen LogP contribution in [0.5, 0.6) is 0 Å². The summed E-state index contributed by atoms with van der Waals surface area (Å²) in [4.78, 5) is 24.3. The van der Waals surface area contributed by atoms with Crippen LogP contribution in [-0.2, 0) is 14.3 Å². The maximum atomic E-state index is 12.4. The number of rotatable bonds is 42. The van der Waals surface area contributed by atoms with Gasteiger partial charge in [0.05, 0.1) is 25.4 Å². The Balaban J connectivity index is 3.52. The van der Waals surface area contributed by atoms with Crippen LogP contribution in [0.2, 0.25) is 0 Å². The van der Waals surface area contributed by atoms with Crippen LogP contribution in [0.4, 0.5) is 0 Å². The lowest BCUT2D eigenvalue weighted by atomic mass is 10.0. The predicted molar refractivity (Wildman–Crippen MR) is 227 cm³/mol. The van der Waals surface area contributed by atoms with E-state index in [1.54, 1.807) is 0 Å². The van der Waals surface area contributed by atoms with Crippen molar-refractivity contribution in [1.82, 2.24) is 5.32 Å². The number of carbonyl (C=O) groups is 2. The highest BCUT2D eigenvalue weighted by molar-refractivity contribution is 5.76. The molecule has 0 aliphatic carbocycles. The predicted octanol–water partition coefficient (Wildman–Crippen LogP) is 13.2. The van der Waals surface area contributed by atoms with Gasteiger partial charge in [-0.15, -0.1) is 0 Å². The van der Waals surface area contributed by atoms with Gasteiger partial charge in [-0.05, 0) is 57.8 Å². The van der Waals surface area contributed by atoms with Crippen molar-refractivity contribution in [2.75, 3.05) is 13.2 Å². The van der Waals surface area contributed by atoms with E-state index in [-0.39, 0.29) is 18.5 Å². The first kappa shape index (κ1) is 51.3. The van der Waals surface area contributed by atoms with Gasteiger partial charge < -0.3 is 20.3 Å². The van der Waals surface area contributed by atoms with Crippen molar-refractivity contribution in [3.63, 3.8) is 0 Å². The zero-order chi connectivity index (χ0) is 38.7. The minimum atomic E-state index is -0.675. The quantitative estimate of drug-likeness (QED) is 0.0328. The average Bonchev–Trinajstić information content (AvgIpc) is 3.16. The summed E-state index contributed by atoms with van der Waals surface area (Å²) >= 11 is 0. The zero-order valence-electron chi connectivity index (χ0n) is 35.2. The molecule has 0 heterocycles. The van der Waals surface area contributed by atoms with Crippen LogP contribution in [-0.4, -0.2) is 47.4 Å². The largest absolute Gasteiger partial charge is 0.466 e. The SMILES string of the molecule is CCCCCCCCCCCCCCC(=O)OCCCCC/C=C\C=C/CCCCCCCCC(=O)NC(CO)C(O)CCCCCCCCCCC. The number of aliphatic hydroxyl groups excluding tert-OH is 2. The van der Waals surface area contributed by atoms with E-state index in [9.17, 15) is 19.8 Å². The van der Waals surface area contributed by atoms with Crippen molar-refractivity contribution in [2.45, 2.75) is 251 Å². The molecule has 0 rings (SSSR count). The van der Waals surface area contributed by atoms with Gasteiger partial charge in [0.15, 0.2) is 0 Å². The highest BCUT2D eigenvalue weighted by atomic mass is 16.5. The van der Waals surface area contributed by atoms with E-state index in [0.29, 0.717) is 25.9 Å². The van der Waals surface area contributed by atoms with Gasteiger partial charge in [-0.3, -0.25) is 9.59 Å². The molecule has 53 heavy (non-hydrogen) atoms. The van der Waals surface area contributed by atoms with Gasteiger partial charge in [-0.25, -0.2) is 0 Å². The Morgan fingerprint density at radius 1 is 0.528 bits per heavy atom. The minimum Gasteiger partial charge on any atom is -0.466 e. The first-order valence-corrected chi connectivity index (χ1v) is 23.1. The fourth-order valence-corrected chi connectivity index (χ4v) is 6.92. The second-order valence-corrected chi connectivity index (χ2v) is 15.8. The Kier molecular flexibility index (Phi) is 41.7. The van der Waals surface area contributed by atoms with Crippen LogP contribution >= 0.6 is 0 Å². The van der Waals surface area contributed by atoms with Crippen LogP contribution in [0.3, 0.4) is 0 Å². The van der Waals surface area contributed by atoms with Crippen LogP contribution in [0.25, 0.3) is 0 Å². The lowest BCUT2D eigenvalue weighted by Gasteiger charge is -2.22. The van der Waals surface area contributed by atoms with Crippen LogP contribution in [0.15, 0.2) is 24.3 Å². The van der Waals surface area contributed by atoms with Crippen molar-refractivity contribution in [3.05, 3.63) is 24.3 Å². The number of unbranched alkanes of at least 4 members (excludes halogenated alkanes) is 28. The normalized spacial score (nSPS) is 12.9. The first-order valence-electron chi connectivity index (χ1n) is 23.1. The van der Waals surface area contributed by atoms with Crippen LogP contribution < -0.4 is 5.32 Å². The van der Waals surface area contributed by atoms with E-state index >= 15 is 0 Å². The first-order chi connectivity index (χ1) is 26.0. The number of ether oxygens (including phenoxy) is 1. The molecule has 0 spiro atoms. The van der Waals surface area contributed by atoms with Gasteiger partial charge in [0, 0.05) is 12.8 Å². The molecule has 2 unspecified atom stereocenters. The molecule has 0 saturated carbocycles. The Hall–Kier alpha value is -1.66. The van der Waals surface area contributed by atoms with Gasteiger partial charge in [-0.2, -0.15) is 0 Å². The molecule has 3 N–H and O–H groups in total. The number of amides is 1. The summed E-state index contributed by atoms with van der Waals surface area (Å²) < 4.78 is 5.42. The molecule has 6 heteroatoms. The topological polar surface area (TPSA) is 95.9 Å². The summed E-state index contributed by atoms with van der Waals surface area (Å²) in [6.07, 6.45) is 48.6. The van der Waals surface area contributed by atoms with Crippen molar-refractivity contribution in [2.24, 2.45) is 0 Å². The second kappa shape index (κ2) is 43.1. The molecule has 312 valence electrons. The zero-order valence-corrected chi connectivity index (χ0v) is 35.2. The Bertz CT molecular complexity index is 828. The maximum absolute atomic E-state index is 12.4. The molecule has 0 aromatic heterocycles. The van der Waals surface area contributed by atoms with E-state index in [1.807, 2.05) is 0 Å². The van der Waals surface area contributed by atoms with Crippen molar-refractivity contribution < 1.29 is 24.5 Å². The fourth-order valence-electron chi connectivity index (χ4n) is 6.92. The second-order valence-electron chi connectivity index (χ2n) is 15.8. The Morgan fingerprint density at radius 3 is 1.40 bits per heavy atom. The Morgan fingerprint density at radius 2 is 0.925 bits per heavy atom. The number of carbonyl (C=O) groups excluding carboxylic acids is 2. The number of aliphatic hydroxyl groups is 2. The summed E-state index contributed by atoms with van der Waals surface area (Å²) in [6.45, 7) is 4.86. The van der Waals surface area contributed by atoms with Gasteiger partial charge >= 0.3 is 5.97 Å². The summed E-state index contributed by atoms with van der Waals surface area (Å²) in [5, 5.41) is 23.0. The van der Waals surface area contributed by atoms with Crippen molar-refractivity contribution in [3.8, 4) is 0 Å². The molecule has 0 radical (unpaired) electrons. The number of allylic oxidation sites excluding steroid dienone is 4. The monoisotopic (exact) mass is 748 g/mol. The number of nitrogens with one attached hydrogen (secondary N) is 1. The molecular formula is C47H89NO5. The number of hydrogen-bond acceptors (Lipinski definition) is 5. The maximum Gasteiger partial charge on any atom is 0.305 e. The van der Waals surface area contributed by atoms with Crippen molar-refractivity contribution >= 4 is 11.9 Å². The Labute approximate surface area is 329 Å². The molecule has 6 nitrogen and oxygen atoms in total. The molecular weight excluding hydrogens is 659 g/mol. The summed E-state index contributed by atoms with van der Waals surface area (Å²) in [5.41, 5.74) is 0. The summed E-state index contributed by atoms with van der Waals surface area (Å²) in [7, 11) is 0. The molecule has 0 fully saturated rings. The van der Waals surface area contributed by atoms with Gasteiger partial charge in [0.25, 0.3) is 0 Å². The van der Waals surface area contributed by atoms with Gasteiger partial charge in [0.2, 0.25) is 5.91 Å². The average molecular weight is 748 g/mol. The summed E-state index contributed by atoms with van der Waals surface area (Å²) in [5.74, 6) is -0.0827. The van der Waals surface area contributed by atoms with Gasteiger partial charge in [-0.1, -0.05) is 192 Å². The molecule has 0 bridgehead atoms. The van der Waals surface area contributed by atoms with E-state index in [2.05, 4.69) is 43.5 Å². The third kappa shape index (κ3) is 39.8. The highest BCUT2D eigenvalue weighted by Crippen LogP contribution is 2.15. The number of esters is 1. The van der Waals surface area contributed by atoms with E-state index in [1.165, 1.54) is 128 Å². The van der Waals surface area contributed by atoms with E-state index in [4.69, 9.17) is 4.74 Å². The summed E-state index contributed by atoms with van der Waals surface area (Å²) in [6, 6.07) is -0.555. The molecule has 0 aliphatic rings. The van der Waals surface area contributed by atoms with E-state index in [0.717, 1.165) is 77.0 Å². The van der Waals surface area contributed by atoms with Crippen molar-refractivity contribution in [1.29, 1.82) is 0 Å². The third-order valence-corrected chi connectivity index (χ3v) is 10.5. The molecule has 1 amide bonds. The highest BCUT2D eigenvalue weighted by Gasteiger charge is 2.20. The lowest BCUT2D eigenvalue weighted by Crippen LogP contribution is -2.45. The lowest BCUT2D eigenvalue weighted by molar-refractivity contribution is -0.143. The molecule has 0 saturated heterocycles. The van der Waals surface area contributed by atoms with Gasteiger partial charge in [0.1, 0.15) is 0 Å². The number of hydrogen-bond donors (Lipinski definition) is 3. The van der Waals surface area contributed by atoms with Crippen LogP contribution in [0.1, 0.15) is 239 Å². The molecule has 0 aromatic carbocycles. The molecule has 0 aromatic rings. The third-order valence-electron chi connectivity index (χ3n) is 10.5. The molecule has 0 aliphatic heterocycles. The fraction of sp³-hybridized carbons (Fsp3) is 0.872. The standard InChI is InChI=1S/C47H89NO5/c1-3-5-7-9-11-13-14-21-25-29-33-37-41-47(52)53-42-38-34-30-26-22-19-17-15-16-18-20-24-28-32-36-40-46(51)48-44(43-49)45(50)39-35-31-27-23-12-10-8-6-4-2/h15,17,19,22,44-45,49-50H,3-14,16,18,20-21,23-43H2,1-2H3,(H,48,51)/b17-15-,22-19-. The minimum absolute atomic E-state index is 0.0219. The molecule has 2 atom stereocenters.